The van der Waals surface area contributed by atoms with Crippen molar-refractivity contribution in [2.24, 2.45) is 7.05 Å². The van der Waals surface area contributed by atoms with Crippen LogP contribution in [0.1, 0.15) is 11.4 Å². The van der Waals surface area contributed by atoms with Crippen LogP contribution < -0.4 is 4.74 Å². The molecule has 0 aliphatic rings. The van der Waals surface area contributed by atoms with E-state index in [0.717, 1.165) is 15.8 Å². The highest BCUT2D eigenvalue weighted by Gasteiger charge is 2.02. The van der Waals surface area contributed by atoms with Gasteiger partial charge in [-0.1, -0.05) is 15.9 Å². The zero-order chi connectivity index (χ0) is 11.5. The Morgan fingerprint density at radius 2 is 2.25 bits per heavy atom. The molecule has 0 bridgehead atoms. The standard InChI is InChI=1S/C10H11BrN4O/c1-7-5-8(3-4-9(7)11)16-6-10-12-14-15(2)13-10/h3-5H,6H2,1-2H3. The lowest BCUT2D eigenvalue weighted by molar-refractivity contribution is 0.295. The molecule has 0 amide bonds. The summed E-state index contributed by atoms with van der Waals surface area (Å²) < 4.78 is 6.61. The van der Waals surface area contributed by atoms with E-state index < -0.39 is 0 Å². The van der Waals surface area contributed by atoms with Gasteiger partial charge in [0.2, 0.25) is 5.82 Å². The van der Waals surface area contributed by atoms with Gasteiger partial charge in [0, 0.05) is 4.47 Å². The molecular formula is C10H11BrN4O. The van der Waals surface area contributed by atoms with Crippen LogP contribution in [0.5, 0.6) is 5.75 Å². The van der Waals surface area contributed by atoms with Crippen LogP contribution in [0.2, 0.25) is 0 Å². The molecule has 0 aliphatic carbocycles. The lowest BCUT2D eigenvalue weighted by Gasteiger charge is -2.05. The van der Waals surface area contributed by atoms with Crippen molar-refractivity contribution in [1.29, 1.82) is 0 Å². The molecule has 0 radical (unpaired) electrons. The van der Waals surface area contributed by atoms with E-state index in [9.17, 15) is 0 Å². The van der Waals surface area contributed by atoms with E-state index in [2.05, 4.69) is 31.3 Å². The van der Waals surface area contributed by atoms with E-state index in [0.29, 0.717) is 12.4 Å². The number of halogens is 1. The Morgan fingerprint density at radius 1 is 1.44 bits per heavy atom. The van der Waals surface area contributed by atoms with Gasteiger partial charge in [-0.3, -0.25) is 0 Å². The fourth-order valence-corrected chi connectivity index (χ4v) is 1.48. The molecule has 0 saturated carbocycles. The van der Waals surface area contributed by atoms with Gasteiger partial charge in [0.1, 0.15) is 5.75 Å². The Kier molecular flexibility index (Phi) is 3.19. The average molecular weight is 283 g/mol. The highest BCUT2D eigenvalue weighted by atomic mass is 79.9. The second-order valence-corrected chi connectivity index (χ2v) is 4.25. The van der Waals surface area contributed by atoms with E-state index in [1.54, 1.807) is 7.05 Å². The second kappa shape index (κ2) is 4.61. The molecule has 0 atom stereocenters. The maximum Gasteiger partial charge on any atom is 0.212 e. The van der Waals surface area contributed by atoms with Crippen molar-refractivity contribution in [2.45, 2.75) is 13.5 Å². The van der Waals surface area contributed by atoms with Crippen molar-refractivity contribution >= 4 is 15.9 Å². The Labute approximate surface area is 102 Å². The molecule has 2 rings (SSSR count). The molecule has 0 aliphatic heterocycles. The van der Waals surface area contributed by atoms with Crippen molar-refractivity contribution in [3.63, 3.8) is 0 Å². The quantitative estimate of drug-likeness (QED) is 0.862. The zero-order valence-corrected chi connectivity index (χ0v) is 10.6. The Balaban J connectivity index is 2.02. The van der Waals surface area contributed by atoms with E-state index in [4.69, 9.17) is 4.74 Å². The van der Waals surface area contributed by atoms with Gasteiger partial charge in [0.05, 0.1) is 7.05 Å². The summed E-state index contributed by atoms with van der Waals surface area (Å²) in [5.41, 5.74) is 1.13. The second-order valence-electron chi connectivity index (χ2n) is 3.39. The molecule has 6 heteroatoms. The molecule has 0 N–H and O–H groups in total. The summed E-state index contributed by atoms with van der Waals surface area (Å²) in [6.07, 6.45) is 0. The summed E-state index contributed by atoms with van der Waals surface area (Å²) in [7, 11) is 1.72. The number of benzene rings is 1. The van der Waals surface area contributed by atoms with Gasteiger partial charge in [-0.05, 0) is 35.9 Å². The summed E-state index contributed by atoms with van der Waals surface area (Å²) in [6, 6.07) is 5.81. The molecule has 1 aromatic heterocycles. The number of nitrogens with zero attached hydrogens (tertiary/aromatic N) is 4. The van der Waals surface area contributed by atoms with E-state index in [1.165, 1.54) is 4.80 Å². The molecule has 0 spiro atoms. The molecule has 84 valence electrons. The fraction of sp³-hybridized carbons (Fsp3) is 0.300. The minimum absolute atomic E-state index is 0.328. The van der Waals surface area contributed by atoms with Crippen molar-refractivity contribution in [3.8, 4) is 5.75 Å². The first-order chi connectivity index (χ1) is 7.65. The lowest BCUT2D eigenvalue weighted by Crippen LogP contribution is -1.99. The normalized spacial score (nSPS) is 10.4. The summed E-state index contributed by atoms with van der Waals surface area (Å²) in [4.78, 5) is 1.41. The topological polar surface area (TPSA) is 52.8 Å². The van der Waals surface area contributed by atoms with Gasteiger partial charge in [-0.15, -0.1) is 10.2 Å². The molecule has 1 heterocycles. The number of tetrazole rings is 1. The van der Waals surface area contributed by atoms with E-state index >= 15 is 0 Å². The highest BCUT2D eigenvalue weighted by Crippen LogP contribution is 2.21. The van der Waals surface area contributed by atoms with Gasteiger partial charge < -0.3 is 4.74 Å². The molecule has 0 fully saturated rings. The largest absolute Gasteiger partial charge is 0.485 e. The minimum atomic E-state index is 0.328. The molecule has 16 heavy (non-hydrogen) atoms. The predicted molar refractivity (Wildman–Crippen MR) is 62.0 cm³/mol. The molecular weight excluding hydrogens is 272 g/mol. The van der Waals surface area contributed by atoms with Crippen molar-refractivity contribution < 1.29 is 4.74 Å². The van der Waals surface area contributed by atoms with Gasteiger partial charge in [-0.2, -0.15) is 4.80 Å². The third-order valence-corrected chi connectivity index (χ3v) is 2.94. The van der Waals surface area contributed by atoms with Crippen LogP contribution in [0.4, 0.5) is 0 Å². The smallest absolute Gasteiger partial charge is 0.212 e. The summed E-state index contributed by atoms with van der Waals surface area (Å²) in [5, 5.41) is 11.6. The molecule has 2 aromatic rings. The van der Waals surface area contributed by atoms with Crippen molar-refractivity contribution in [3.05, 3.63) is 34.1 Å². The van der Waals surface area contributed by atoms with Gasteiger partial charge >= 0.3 is 0 Å². The predicted octanol–water partition coefficient (Wildman–Crippen LogP) is 1.86. The monoisotopic (exact) mass is 282 g/mol. The first kappa shape index (κ1) is 11.1. The Hall–Kier alpha value is -1.43. The van der Waals surface area contributed by atoms with Crippen LogP contribution in [0.25, 0.3) is 0 Å². The maximum absolute atomic E-state index is 5.54. The maximum atomic E-state index is 5.54. The fourth-order valence-electron chi connectivity index (χ4n) is 1.24. The number of aromatic nitrogens is 4. The molecule has 5 nitrogen and oxygen atoms in total. The lowest BCUT2D eigenvalue weighted by atomic mass is 10.2. The van der Waals surface area contributed by atoms with Gasteiger partial charge in [0.15, 0.2) is 6.61 Å². The zero-order valence-electron chi connectivity index (χ0n) is 9.01. The third-order valence-electron chi connectivity index (χ3n) is 2.05. The SMILES string of the molecule is Cc1cc(OCc2nnn(C)n2)ccc1Br. The van der Waals surface area contributed by atoms with Gasteiger partial charge in [-0.25, -0.2) is 0 Å². The number of ether oxygens (including phenoxy) is 1. The third kappa shape index (κ3) is 2.57. The van der Waals surface area contributed by atoms with Crippen LogP contribution in [0.3, 0.4) is 0 Å². The molecule has 0 unspecified atom stereocenters. The summed E-state index contributed by atoms with van der Waals surface area (Å²) >= 11 is 3.44. The van der Waals surface area contributed by atoms with Crippen LogP contribution in [0, 0.1) is 6.92 Å². The average Bonchev–Trinajstić information content (AvgIpc) is 2.66. The van der Waals surface area contributed by atoms with Crippen molar-refractivity contribution in [1.82, 2.24) is 20.2 Å². The Bertz CT molecular complexity index is 497. The van der Waals surface area contributed by atoms with Crippen LogP contribution in [-0.4, -0.2) is 20.2 Å². The summed E-state index contributed by atoms with van der Waals surface area (Å²) in [5.74, 6) is 1.37. The van der Waals surface area contributed by atoms with Crippen LogP contribution in [0.15, 0.2) is 22.7 Å². The molecule has 1 aromatic carbocycles. The van der Waals surface area contributed by atoms with E-state index in [-0.39, 0.29) is 0 Å². The molecule has 0 saturated heterocycles. The number of hydrogen-bond donors (Lipinski definition) is 0. The first-order valence-electron chi connectivity index (χ1n) is 4.77. The van der Waals surface area contributed by atoms with Crippen molar-refractivity contribution in [2.75, 3.05) is 0 Å². The van der Waals surface area contributed by atoms with E-state index in [1.807, 2.05) is 25.1 Å². The van der Waals surface area contributed by atoms with Crippen LogP contribution >= 0.6 is 15.9 Å². The number of hydrogen-bond acceptors (Lipinski definition) is 4. The van der Waals surface area contributed by atoms with Gasteiger partial charge in [0.25, 0.3) is 0 Å². The summed E-state index contributed by atoms with van der Waals surface area (Å²) in [6.45, 7) is 2.34. The number of rotatable bonds is 3. The first-order valence-corrected chi connectivity index (χ1v) is 5.56. The van der Waals surface area contributed by atoms with Crippen LogP contribution in [-0.2, 0) is 13.7 Å². The number of aryl methyl sites for hydroxylation is 2. The highest BCUT2D eigenvalue weighted by molar-refractivity contribution is 9.10. The Morgan fingerprint density at radius 3 is 2.88 bits per heavy atom. The minimum Gasteiger partial charge on any atom is -0.485 e.